The van der Waals surface area contributed by atoms with Gasteiger partial charge in [-0.15, -0.1) is 11.3 Å². The standard InChI is InChI=1S/C40H46N4O4S/c1-5-26-6-10-28(11-7-26)29-16-18-43(19-17-29)33-22-41-37(42-23-33)30-12-8-27(9-13-30)20-31(38(46)44-24-32(25-44)39(47)48)21-34(45)35-14-15-36(49-35)40(2,3)4/h6-15,22-23,29,31-32H,5,16-21,24-25H2,1-4H3,(H,47,48)/t31-/m1/s1. The molecule has 9 heteroatoms. The van der Waals surface area contributed by atoms with Gasteiger partial charge in [-0.1, -0.05) is 76.2 Å². The van der Waals surface area contributed by atoms with Gasteiger partial charge in [-0.05, 0) is 65.8 Å². The third-order valence-electron chi connectivity index (χ3n) is 10.00. The van der Waals surface area contributed by atoms with Crippen LogP contribution in [0.4, 0.5) is 5.69 Å². The molecule has 1 atom stereocenters. The largest absolute Gasteiger partial charge is 0.481 e. The van der Waals surface area contributed by atoms with Crippen LogP contribution in [0.15, 0.2) is 73.1 Å². The van der Waals surface area contributed by atoms with Gasteiger partial charge in [-0.2, -0.15) is 0 Å². The predicted octanol–water partition coefficient (Wildman–Crippen LogP) is 7.42. The van der Waals surface area contributed by atoms with E-state index in [0.29, 0.717) is 23.0 Å². The average Bonchev–Trinajstić information content (AvgIpc) is 3.60. The number of carbonyl (C=O) groups excluding carboxylic acids is 2. The van der Waals surface area contributed by atoms with Crippen LogP contribution in [0.25, 0.3) is 11.4 Å². The lowest BCUT2D eigenvalue weighted by molar-refractivity contribution is -0.154. The number of carbonyl (C=O) groups is 3. The number of Topliss-reactive ketones (excluding diaryl/α,β-unsaturated/α-hetero) is 1. The van der Waals surface area contributed by atoms with Crippen molar-refractivity contribution >= 4 is 34.7 Å². The van der Waals surface area contributed by atoms with Crippen molar-refractivity contribution in [2.24, 2.45) is 11.8 Å². The highest BCUT2D eigenvalue weighted by molar-refractivity contribution is 7.14. The fraction of sp³-hybridized carbons (Fsp3) is 0.425. The molecule has 2 aliphatic heterocycles. The average molecular weight is 679 g/mol. The summed E-state index contributed by atoms with van der Waals surface area (Å²) < 4.78 is 0. The number of amides is 1. The molecule has 2 aliphatic rings. The van der Waals surface area contributed by atoms with Crippen LogP contribution in [0.1, 0.15) is 84.1 Å². The number of rotatable bonds is 11. The molecule has 0 spiro atoms. The number of hydrogen-bond acceptors (Lipinski definition) is 7. The monoisotopic (exact) mass is 678 g/mol. The molecule has 2 aromatic carbocycles. The van der Waals surface area contributed by atoms with Crippen LogP contribution in [0.3, 0.4) is 0 Å². The zero-order chi connectivity index (χ0) is 34.7. The van der Waals surface area contributed by atoms with E-state index in [1.807, 2.05) is 48.8 Å². The first-order chi connectivity index (χ1) is 23.5. The van der Waals surface area contributed by atoms with Crippen LogP contribution in [0.5, 0.6) is 0 Å². The summed E-state index contributed by atoms with van der Waals surface area (Å²) in [5.74, 6) is -1.03. The molecule has 0 saturated carbocycles. The Bertz CT molecular complexity index is 1760. The number of carboxylic acid groups (broad SMARTS) is 1. The fourth-order valence-corrected chi connectivity index (χ4v) is 7.75. The number of nitrogens with zero attached hydrogens (tertiary/aromatic N) is 4. The van der Waals surface area contributed by atoms with Crippen LogP contribution >= 0.6 is 11.3 Å². The summed E-state index contributed by atoms with van der Waals surface area (Å²) in [7, 11) is 0. The Kier molecular flexibility index (Phi) is 10.3. The molecule has 0 aliphatic carbocycles. The number of ketones is 1. The van der Waals surface area contributed by atoms with E-state index in [2.05, 4.69) is 66.8 Å². The zero-order valence-corrected chi connectivity index (χ0v) is 29.7. The van der Waals surface area contributed by atoms with Gasteiger partial charge in [0.1, 0.15) is 0 Å². The summed E-state index contributed by atoms with van der Waals surface area (Å²) in [6.45, 7) is 10.8. The molecular formula is C40H46N4O4S. The highest BCUT2D eigenvalue weighted by atomic mass is 32.1. The van der Waals surface area contributed by atoms with E-state index in [-0.39, 0.29) is 36.6 Å². The van der Waals surface area contributed by atoms with Crippen molar-refractivity contribution in [3.05, 3.63) is 99.5 Å². The number of aryl methyl sites for hydroxylation is 1. The molecule has 2 saturated heterocycles. The summed E-state index contributed by atoms with van der Waals surface area (Å²) in [4.78, 5) is 53.4. The molecule has 4 heterocycles. The molecule has 1 amide bonds. The van der Waals surface area contributed by atoms with E-state index in [9.17, 15) is 19.5 Å². The SMILES string of the molecule is CCc1ccc(C2CCN(c3cnc(-c4ccc(C[C@H](CC(=O)c5ccc(C(C)(C)C)s5)C(=O)N5CC(C(=O)O)C5)cc4)nc3)CC2)cc1. The van der Waals surface area contributed by atoms with Crippen molar-refractivity contribution in [2.45, 2.75) is 71.1 Å². The molecule has 0 unspecified atom stereocenters. The number of carboxylic acids is 1. The lowest BCUT2D eigenvalue weighted by atomic mass is 9.89. The zero-order valence-electron chi connectivity index (χ0n) is 28.9. The van der Waals surface area contributed by atoms with Crippen molar-refractivity contribution in [3.63, 3.8) is 0 Å². The third-order valence-corrected chi connectivity index (χ3v) is 11.5. The van der Waals surface area contributed by atoms with E-state index in [1.165, 1.54) is 22.5 Å². The van der Waals surface area contributed by atoms with Crippen LogP contribution in [-0.2, 0) is 27.8 Å². The molecule has 0 bridgehead atoms. The maximum absolute atomic E-state index is 13.6. The summed E-state index contributed by atoms with van der Waals surface area (Å²) >= 11 is 1.48. The second-order valence-corrected chi connectivity index (χ2v) is 15.6. The van der Waals surface area contributed by atoms with Gasteiger partial charge in [0.05, 0.1) is 28.9 Å². The van der Waals surface area contributed by atoms with Gasteiger partial charge >= 0.3 is 5.97 Å². The van der Waals surface area contributed by atoms with Gasteiger partial charge in [0, 0.05) is 49.0 Å². The molecular weight excluding hydrogens is 633 g/mol. The van der Waals surface area contributed by atoms with Crippen LogP contribution in [0, 0.1) is 11.8 Å². The minimum absolute atomic E-state index is 0.0610. The minimum atomic E-state index is -0.895. The molecule has 1 N–H and O–H groups in total. The van der Waals surface area contributed by atoms with Gasteiger partial charge in [0.15, 0.2) is 11.6 Å². The number of aliphatic carboxylic acids is 1. The van der Waals surface area contributed by atoms with E-state index in [1.54, 1.807) is 4.90 Å². The van der Waals surface area contributed by atoms with Gasteiger partial charge in [0.2, 0.25) is 5.91 Å². The first-order valence-electron chi connectivity index (χ1n) is 17.4. The normalized spacial score (nSPS) is 16.3. The number of hydrogen-bond donors (Lipinski definition) is 1. The third kappa shape index (κ3) is 8.10. The highest BCUT2D eigenvalue weighted by Crippen LogP contribution is 2.33. The first kappa shape index (κ1) is 34.5. The van der Waals surface area contributed by atoms with E-state index < -0.39 is 17.8 Å². The van der Waals surface area contributed by atoms with Crippen LogP contribution in [0.2, 0.25) is 0 Å². The first-order valence-corrected chi connectivity index (χ1v) is 18.2. The van der Waals surface area contributed by atoms with Crippen molar-refractivity contribution in [1.29, 1.82) is 0 Å². The number of thiophene rings is 1. The topological polar surface area (TPSA) is 104 Å². The van der Waals surface area contributed by atoms with Gasteiger partial charge in [0.25, 0.3) is 0 Å². The summed E-state index contributed by atoms with van der Waals surface area (Å²) in [6.07, 6.45) is 7.54. The number of piperidine rings is 1. The number of anilines is 1. The van der Waals surface area contributed by atoms with Crippen LogP contribution < -0.4 is 4.90 Å². The van der Waals surface area contributed by atoms with Crippen molar-refractivity contribution < 1.29 is 19.5 Å². The quantitative estimate of drug-likeness (QED) is 0.165. The maximum atomic E-state index is 13.6. The summed E-state index contributed by atoms with van der Waals surface area (Å²) in [5.41, 5.74) is 5.58. The Hall–Kier alpha value is -4.37. The summed E-state index contributed by atoms with van der Waals surface area (Å²) in [6, 6.07) is 20.8. The van der Waals surface area contributed by atoms with Gasteiger partial charge in [-0.25, -0.2) is 9.97 Å². The minimum Gasteiger partial charge on any atom is -0.481 e. The molecule has 2 fully saturated rings. The van der Waals surface area contributed by atoms with Crippen LogP contribution in [-0.4, -0.2) is 63.8 Å². The molecule has 8 nitrogen and oxygen atoms in total. The highest BCUT2D eigenvalue weighted by Gasteiger charge is 2.39. The Labute approximate surface area is 293 Å². The second-order valence-electron chi connectivity index (χ2n) is 14.5. The Balaban J connectivity index is 1.09. The number of aromatic nitrogens is 2. The lowest BCUT2D eigenvalue weighted by Gasteiger charge is -2.38. The predicted molar refractivity (Wildman–Crippen MR) is 194 cm³/mol. The van der Waals surface area contributed by atoms with E-state index >= 15 is 0 Å². The lowest BCUT2D eigenvalue weighted by Crippen LogP contribution is -2.55. The molecule has 0 radical (unpaired) electrons. The molecule has 2 aromatic heterocycles. The van der Waals surface area contributed by atoms with E-state index in [4.69, 9.17) is 0 Å². The smallest absolute Gasteiger partial charge is 0.310 e. The molecule has 6 rings (SSSR count). The fourth-order valence-electron chi connectivity index (χ4n) is 6.74. The van der Waals surface area contributed by atoms with Gasteiger partial charge in [-0.3, -0.25) is 14.4 Å². The second kappa shape index (κ2) is 14.6. The van der Waals surface area contributed by atoms with Crippen molar-refractivity contribution in [2.75, 3.05) is 31.1 Å². The molecule has 49 heavy (non-hydrogen) atoms. The molecule has 4 aromatic rings. The Morgan fingerprint density at radius 3 is 2.10 bits per heavy atom. The number of benzene rings is 2. The van der Waals surface area contributed by atoms with Crippen molar-refractivity contribution in [3.8, 4) is 11.4 Å². The van der Waals surface area contributed by atoms with E-state index in [0.717, 1.165) is 54.0 Å². The Morgan fingerprint density at radius 2 is 1.53 bits per heavy atom. The van der Waals surface area contributed by atoms with Crippen molar-refractivity contribution in [1.82, 2.24) is 14.9 Å². The Morgan fingerprint density at radius 1 is 0.898 bits per heavy atom. The number of likely N-dealkylation sites (tertiary alicyclic amines) is 1. The summed E-state index contributed by atoms with van der Waals surface area (Å²) in [5, 5.41) is 9.33. The van der Waals surface area contributed by atoms with Gasteiger partial charge < -0.3 is 14.9 Å². The maximum Gasteiger partial charge on any atom is 0.310 e. The molecule has 256 valence electrons.